The van der Waals surface area contributed by atoms with Crippen LogP contribution in [0.15, 0.2) is 29.2 Å². The number of hydrogen-bond acceptors (Lipinski definition) is 5. The molecule has 1 aromatic carbocycles. The van der Waals surface area contributed by atoms with Gasteiger partial charge >= 0.3 is 6.18 Å². The Morgan fingerprint density at radius 3 is 2.62 bits per heavy atom. The number of hydrogen-bond donors (Lipinski definition) is 1. The lowest BCUT2D eigenvalue weighted by molar-refractivity contribution is -0.139. The van der Waals surface area contributed by atoms with E-state index in [9.17, 15) is 26.4 Å². The molecule has 1 aromatic heterocycles. The van der Waals surface area contributed by atoms with Crippen molar-refractivity contribution in [1.29, 1.82) is 0 Å². The fraction of sp³-hybridized carbons (Fsp3) is 0.267. The lowest BCUT2D eigenvalue weighted by Gasteiger charge is -2.28. The standard InChI is InChI=1S/C15H12F3N4O3S/c16-15(17,18)10-3-1-2-4-12(10)26(24,25)22-6-5-9-7-20-14(13(19)23)21-11(9)8-22/h1-4H,5-6,8H2,(H2,19,23). The van der Waals surface area contributed by atoms with Crippen LogP contribution in [0.1, 0.15) is 27.4 Å². The normalized spacial score (nSPS) is 15.5. The van der Waals surface area contributed by atoms with Gasteiger partial charge in [0.2, 0.25) is 15.8 Å². The summed E-state index contributed by atoms with van der Waals surface area (Å²) < 4.78 is 65.9. The van der Waals surface area contributed by atoms with Crippen molar-refractivity contribution < 1.29 is 26.4 Å². The monoisotopic (exact) mass is 385 g/mol. The molecule has 2 aromatic rings. The van der Waals surface area contributed by atoms with E-state index in [1.807, 2.05) is 0 Å². The van der Waals surface area contributed by atoms with Gasteiger partial charge in [-0.05, 0) is 18.6 Å². The second kappa shape index (κ2) is 6.32. The third-order valence-corrected chi connectivity index (χ3v) is 5.76. The van der Waals surface area contributed by atoms with Crippen molar-refractivity contribution in [2.24, 2.45) is 5.73 Å². The summed E-state index contributed by atoms with van der Waals surface area (Å²) in [4.78, 5) is 17.9. The minimum Gasteiger partial charge on any atom is -0.363 e. The molecule has 0 fully saturated rings. The summed E-state index contributed by atoms with van der Waals surface area (Å²) in [6.45, 7) is -0.361. The molecule has 7 nitrogen and oxygen atoms in total. The Hall–Kier alpha value is -2.53. The van der Waals surface area contributed by atoms with Gasteiger partial charge in [-0.3, -0.25) is 4.79 Å². The number of halogens is 3. The SMILES string of the molecule is NC(=O)c1n[c]c2c(n1)CN(S(=O)(=O)c1ccccc1C(F)(F)F)CC2. The topological polar surface area (TPSA) is 106 Å². The van der Waals surface area contributed by atoms with Gasteiger partial charge in [0.1, 0.15) is 0 Å². The zero-order chi connectivity index (χ0) is 19.1. The third-order valence-electron chi connectivity index (χ3n) is 3.85. The molecule has 26 heavy (non-hydrogen) atoms. The largest absolute Gasteiger partial charge is 0.417 e. The molecule has 2 N–H and O–H groups in total. The van der Waals surface area contributed by atoms with Gasteiger partial charge in [0.15, 0.2) is 0 Å². The number of aromatic nitrogens is 2. The Morgan fingerprint density at radius 1 is 1.27 bits per heavy atom. The van der Waals surface area contributed by atoms with Gasteiger partial charge in [0.05, 0.1) is 28.9 Å². The molecule has 0 unspecified atom stereocenters. The molecular formula is C15H12F3N4O3S. The quantitative estimate of drug-likeness (QED) is 0.853. The van der Waals surface area contributed by atoms with Crippen LogP contribution in [-0.4, -0.2) is 35.1 Å². The minimum absolute atomic E-state index is 0.0582. The van der Waals surface area contributed by atoms with Gasteiger partial charge in [0.25, 0.3) is 5.91 Å². The van der Waals surface area contributed by atoms with Gasteiger partial charge in [-0.15, -0.1) is 0 Å². The van der Waals surface area contributed by atoms with Crippen molar-refractivity contribution in [3.05, 3.63) is 53.1 Å². The molecular weight excluding hydrogens is 373 g/mol. The maximum absolute atomic E-state index is 13.2. The van der Waals surface area contributed by atoms with Crippen molar-refractivity contribution in [2.45, 2.75) is 24.0 Å². The first-order chi connectivity index (χ1) is 12.1. The van der Waals surface area contributed by atoms with E-state index in [1.165, 1.54) is 6.07 Å². The van der Waals surface area contributed by atoms with Crippen LogP contribution in [0.5, 0.6) is 0 Å². The first-order valence-electron chi connectivity index (χ1n) is 7.34. The van der Waals surface area contributed by atoms with E-state index >= 15 is 0 Å². The number of rotatable bonds is 3. The van der Waals surface area contributed by atoms with E-state index in [2.05, 4.69) is 16.2 Å². The van der Waals surface area contributed by atoms with Gasteiger partial charge in [-0.1, -0.05) is 12.1 Å². The van der Waals surface area contributed by atoms with Crippen LogP contribution in [0.25, 0.3) is 0 Å². The Labute approximate surface area is 146 Å². The Kier molecular flexibility index (Phi) is 4.44. The van der Waals surface area contributed by atoms with Crippen molar-refractivity contribution in [1.82, 2.24) is 14.3 Å². The van der Waals surface area contributed by atoms with E-state index < -0.39 is 32.6 Å². The van der Waals surface area contributed by atoms with Gasteiger partial charge in [-0.25, -0.2) is 18.4 Å². The highest BCUT2D eigenvalue weighted by molar-refractivity contribution is 7.89. The second-order valence-corrected chi connectivity index (χ2v) is 7.44. The summed E-state index contributed by atoms with van der Waals surface area (Å²) >= 11 is 0. The van der Waals surface area contributed by atoms with E-state index in [0.717, 1.165) is 16.4 Å². The first kappa shape index (κ1) is 18.3. The van der Waals surface area contributed by atoms with Crippen molar-refractivity contribution >= 4 is 15.9 Å². The fourth-order valence-corrected chi connectivity index (χ4v) is 4.21. The van der Waals surface area contributed by atoms with E-state index in [-0.39, 0.29) is 31.0 Å². The van der Waals surface area contributed by atoms with Crippen LogP contribution < -0.4 is 5.73 Å². The van der Waals surface area contributed by atoms with E-state index in [4.69, 9.17) is 5.73 Å². The second-order valence-electron chi connectivity index (χ2n) is 5.53. The number of carbonyl (C=O) groups excluding carboxylic acids is 1. The molecule has 2 heterocycles. The van der Waals surface area contributed by atoms with Crippen molar-refractivity contribution in [3.8, 4) is 0 Å². The summed E-state index contributed by atoms with van der Waals surface area (Å²) in [6.07, 6.45) is -2.09. The van der Waals surface area contributed by atoms with Gasteiger partial charge in [0, 0.05) is 12.1 Å². The molecule has 11 heteroatoms. The summed E-state index contributed by atoms with van der Waals surface area (Å²) in [6, 6.07) is 3.97. The molecule has 1 aliphatic rings. The Morgan fingerprint density at radius 2 is 1.96 bits per heavy atom. The molecule has 0 bridgehead atoms. The van der Waals surface area contributed by atoms with Gasteiger partial charge < -0.3 is 5.73 Å². The number of carbonyl (C=O) groups is 1. The number of primary amides is 1. The summed E-state index contributed by atoms with van der Waals surface area (Å²) in [5, 5.41) is 0. The number of sulfonamides is 1. The Balaban J connectivity index is 2.01. The lowest BCUT2D eigenvalue weighted by atomic mass is 10.1. The zero-order valence-electron chi connectivity index (χ0n) is 13.1. The number of benzene rings is 1. The maximum atomic E-state index is 13.2. The predicted molar refractivity (Wildman–Crippen MR) is 82.1 cm³/mol. The van der Waals surface area contributed by atoms with Crippen LogP contribution in [0.3, 0.4) is 0 Å². The van der Waals surface area contributed by atoms with Crippen LogP contribution in [0.4, 0.5) is 13.2 Å². The van der Waals surface area contributed by atoms with Crippen molar-refractivity contribution in [3.63, 3.8) is 0 Å². The van der Waals surface area contributed by atoms with E-state index in [0.29, 0.717) is 11.6 Å². The fourth-order valence-electron chi connectivity index (χ4n) is 2.60. The van der Waals surface area contributed by atoms with Crippen molar-refractivity contribution in [2.75, 3.05) is 6.54 Å². The lowest BCUT2D eigenvalue weighted by Crippen LogP contribution is -2.38. The molecule has 137 valence electrons. The van der Waals surface area contributed by atoms with Crippen LogP contribution >= 0.6 is 0 Å². The highest BCUT2D eigenvalue weighted by atomic mass is 32.2. The molecule has 3 rings (SSSR count). The molecule has 0 atom stereocenters. The predicted octanol–water partition coefficient (Wildman–Crippen LogP) is 1.14. The molecule has 1 amide bonds. The maximum Gasteiger partial charge on any atom is 0.417 e. The molecule has 1 radical (unpaired) electrons. The average molecular weight is 385 g/mol. The van der Waals surface area contributed by atoms with Crippen LogP contribution in [0, 0.1) is 6.20 Å². The molecule has 1 aliphatic heterocycles. The number of amides is 1. The smallest absolute Gasteiger partial charge is 0.363 e. The average Bonchev–Trinajstić information content (AvgIpc) is 2.60. The zero-order valence-corrected chi connectivity index (χ0v) is 13.9. The number of nitrogens with zero attached hydrogens (tertiary/aromatic N) is 3. The molecule has 0 spiro atoms. The third kappa shape index (κ3) is 3.27. The molecule has 0 saturated heterocycles. The molecule has 0 saturated carbocycles. The van der Waals surface area contributed by atoms with Crippen LogP contribution in [-0.2, 0) is 29.2 Å². The first-order valence-corrected chi connectivity index (χ1v) is 8.78. The highest BCUT2D eigenvalue weighted by Gasteiger charge is 2.39. The Bertz CT molecular complexity index is 976. The number of nitrogens with two attached hydrogens (primary N) is 1. The minimum atomic E-state index is -4.81. The summed E-state index contributed by atoms with van der Waals surface area (Å²) in [5.41, 5.74) is 4.53. The summed E-state index contributed by atoms with van der Waals surface area (Å²) in [5.74, 6) is -1.25. The van der Waals surface area contributed by atoms with Crippen LogP contribution in [0.2, 0.25) is 0 Å². The van der Waals surface area contributed by atoms with E-state index in [1.54, 1.807) is 0 Å². The van der Waals surface area contributed by atoms with Gasteiger partial charge in [-0.2, -0.15) is 17.5 Å². The highest BCUT2D eigenvalue weighted by Crippen LogP contribution is 2.36. The summed E-state index contributed by atoms with van der Waals surface area (Å²) in [7, 11) is -4.43. The number of alkyl halides is 3. The number of fused-ring (bicyclic) bond motifs is 1. The molecule has 0 aliphatic carbocycles.